The summed E-state index contributed by atoms with van der Waals surface area (Å²) in [4.78, 5) is 22.5. The van der Waals surface area contributed by atoms with E-state index in [0.29, 0.717) is 200 Å². The van der Waals surface area contributed by atoms with Gasteiger partial charge in [-0.05, 0) is 165 Å². The van der Waals surface area contributed by atoms with Gasteiger partial charge in [0, 0.05) is 59.9 Å². The molecule has 0 saturated heterocycles. The van der Waals surface area contributed by atoms with Gasteiger partial charge in [-0.3, -0.25) is 4.98 Å². The van der Waals surface area contributed by atoms with Crippen LogP contribution in [0.3, 0.4) is 0 Å². The molecule has 16 nitrogen and oxygen atoms in total. The number of nitriles is 8. The van der Waals surface area contributed by atoms with E-state index in [1.54, 1.807) is 48.5 Å². The van der Waals surface area contributed by atoms with E-state index in [1.165, 1.54) is 0 Å². The number of hydrogen-bond acceptors (Lipinski definition) is 12. The van der Waals surface area contributed by atoms with Crippen LogP contribution in [-0.4, -0.2) is 38.2 Å². The largest absolute Gasteiger partial charge is 0.306 e. The highest BCUT2D eigenvalue weighted by molar-refractivity contribution is 6.19. The number of rotatable bonds is 8. The van der Waals surface area contributed by atoms with Crippen molar-refractivity contribution in [2.24, 2.45) is 0 Å². The molecule has 0 saturated carbocycles. The minimum absolute atomic E-state index is 0.145. The van der Waals surface area contributed by atoms with Crippen molar-refractivity contribution in [1.29, 1.82) is 42.1 Å². The van der Waals surface area contributed by atoms with Crippen LogP contribution in [0.25, 0.3) is 155 Å². The van der Waals surface area contributed by atoms with E-state index in [1.807, 2.05) is 183 Å². The topological polar surface area (TPSA) is 262 Å². The molecule has 99 heavy (non-hydrogen) atoms. The Balaban J connectivity index is 1.28. The molecule has 0 aliphatic heterocycles. The third-order valence-corrected chi connectivity index (χ3v) is 18.5. The molecule has 17 rings (SSSR count). The van der Waals surface area contributed by atoms with E-state index in [9.17, 15) is 42.1 Å². The first-order valence-electron chi connectivity index (χ1n) is 31.2. The summed E-state index contributed by atoms with van der Waals surface area (Å²) in [7, 11) is 0. The number of aryl methyl sites for hydroxylation is 1. The normalized spacial score (nSPS) is 11.2. The first-order chi connectivity index (χ1) is 48.6. The van der Waals surface area contributed by atoms with E-state index >= 15 is 0 Å². The fourth-order valence-electron chi connectivity index (χ4n) is 14.2. The molecule has 0 atom stereocenters. The van der Waals surface area contributed by atoms with Gasteiger partial charge in [-0.25, -0.2) is 15.0 Å². The van der Waals surface area contributed by atoms with Gasteiger partial charge >= 0.3 is 0 Å². The van der Waals surface area contributed by atoms with Crippen LogP contribution >= 0.6 is 0 Å². The van der Waals surface area contributed by atoms with Gasteiger partial charge in [0.1, 0.15) is 0 Å². The maximum atomic E-state index is 10.8. The molecule has 0 bridgehead atoms. The Morgan fingerprint density at radius 1 is 0.242 bits per heavy atom. The summed E-state index contributed by atoms with van der Waals surface area (Å²) in [5.74, 6) is 0.753. The van der Waals surface area contributed by atoms with Crippen molar-refractivity contribution in [3.8, 4) is 117 Å². The molecular weight excluding hydrogens is 1220 g/mol. The van der Waals surface area contributed by atoms with Crippen molar-refractivity contribution < 1.29 is 0 Å². The van der Waals surface area contributed by atoms with E-state index in [2.05, 4.69) is 66.8 Å². The van der Waals surface area contributed by atoms with Gasteiger partial charge in [-0.1, -0.05) is 66.7 Å². The van der Waals surface area contributed by atoms with Crippen molar-refractivity contribution in [3.63, 3.8) is 0 Å². The molecular formula is C83H40N16. The summed E-state index contributed by atoms with van der Waals surface area (Å²) >= 11 is 0. The van der Waals surface area contributed by atoms with Gasteiger partial charge in [0.2, 0.25) is 0 Å². The summed E-state index contributed by atoms with van der Waals surface area (Å²) < 4.78 is 8.53. The Kier molecular flexibility index (Phi) is 13.1. The molecule has 0 fully saturated rings. The van der Waals surface area contributed by atoms with Gasteiger partial charge in [-0.15, -0.1) is 0 Å². The molecule has 452 valence electrons. The van der Waals surface area contributed by atoms with Crippen molar-refractivity contribution >= 4 is 87.2 Å². The van der Waals surface area contributed by atoms with Gasteiger partial charge in [0.05, 0.1) is 177 Å². The van der Waals surface area contributed by atoms with Crippen molar-refractivity contribution in [2.75, 3.05) is 0 Å². The lowest BCUT2D eigenvalue weighted by Crippen LogP contribution is -2.17. The molecule has 6 aromatic heterocycles. The first-order valence-corrected chi connectivity index (χ1v) is 31.2. The molecule has 11 aromatic carbocycles. The highest BCUT2D eigenvalue weighted by atomic mass is 15.1. The van der Waals surface area contributed by atoms with Gasteiger partial charge in [0.25, 0.3) is 0 Å². The van der Waals surface area contributed by atoms with Gasteiger partial charge < -0.3 is 18.3 Å². The third-order valence-electron chi connectivity index (χ3n) is 18.5. The number of hydrogen-bond donors (Lipinski definition) is 0. The minimum atomic E-state index is 0.145. The van der Waals surface area contributed by atoms with E-state index < -0.39 is 0 Å². The summed E-state index contributed by atoms with van der Waals surface area (Å²) in [6, 6.07) is 87.9. The molecule has 16 heteroatoms. The van der Waals surface area contributed by atoms with Crippen molar-refractivity contribution in [3.05, 3.63) is 275 Å². The number of fused-ring (bicyclic) bond motifs is 12. The smallest absolute Gasteiger partial charge is 0.168 e. The summed E-state index contributed by atoms with van der Waals surface area (Å²) in [5, 5.41) is 91.4. The quantitative estimate of drug-likeness (QED) is 0.137. The molecule has 6 heterocycles. The van der Waals surface area contributed by atoms with Gasteiger partial charge in [0.15, 0.2) is 17.5 Å². The van der Waals surface area contributed by atoms with Crippen molar-refractivity contribution in [1.82, 2.24) is 38.2 Å². The van der Waals surface area contributed by atoms with Crippen LogP contribution in [0.2, 0.25) is 0 Å². The number of aromatic nitrogens is 8. The Morgan fingerprint density at radius 3 is 0.727 bits per heavy atom. The standard InChI is InChI=1S/C83H40N16/c1-47-9-8-14-66(92-47)75-77(96-67-23-15-48(39-84)31-58(67)59-32-49(40-85)16-24-68(59)96)79(98-71-27-19-52(43-88)35-62(71)63-36-53(44-89)20-28-72(63)98)76(83-94-81(56-10-4-2-5-11-56)93-82(95-83)57-12-6-3-7-13-57)80(99-73-29-21-54(45-90)37-64(73)65-38-55(46-91)22-30-74(65)99)78(75)97-69-25-17-50(41-86)33-60(69)61-34-51(42-87)18-26-70(61)97/h2-38H,1H3. The zero-order chi connectivity index (χ0) is 67.3. The number of nitrogens with zero attached hydrogens (tertiary/aromatic N) is 16. The molecule has 0 radical (unpaired) electrons. The number of pyridine rings is 1. The molecule has 0 N–H and O–H groups in total. The average Bonchev–Trinajstić information content (AvgIpc) is 1.62. The molecule has 0 unspecified atom stereocenters. The average molecular weight is 1260 g/mol. The first kappa shape index (κ1) is 57.6. The second-order valence-electron chi connectivity index (χ2n) is 23.9. The second-order valence-corrected chi connectivity index (χ2v) is 23.9. The molecule has 0 aliphatic rings. The summed E-state index contributed by atoms with van der Waals surface area (Å²) in [5.41, 5.74) is 12.7. The summed E-state index contributed by atoms with van der Waals surface area (Å²) in [6.45, 7) is 1.92. The molecule has 0 aliphatic carbocycles. The van der Waals surface area contributed by atoms with Crippen LogP contribution in [0.4, 0.5) is 0 Å². The lowest BCUT2D eigenvalue weighted by molar-refractivity contribution is 1.02. The Morgan fingerprint density at radius 2 is 0.485 bits per heavy atom. The van der Waals surface area contributed by atoms with Crippen LogP contribution in [0.5, 0.6) is 0 Å². The third kappa shape index (κ3) is 8.85. The zero-order valence-corrected chi connectivity index (χ0v) is 52.0. The lowest BCUT2D eigenvalue weighted by atomic mass is 9.94. The van der Waals surface area contributed by atoms with Crippen LogP contribution in [0.1, 0.15) is 50.2 Å². The van der Waals surface area contributed by atoms with Crippen LogP contribution in [-0.2, 0) is 0 Å². The fraction of sp³-hybridized carbons (Fsp3) is 0.0120. The molecule has 17 aromatic rings. The van der Waals surface area contributed by atoms with Crippen LogP contribution in [0.15, 0.2) is 224 Å². The predicted octanol–water partition coefficient (Wildman–Crippen LogP) is 17.6. The Labute approximate surface area is 562 Å². The molecule has 0 spiro atoms. The fourth-order valence-corrected chi connectivity index (χ4v) is 14.2. The monoisotopic (exact) mass is 1260 g/mol. The van der Waals surface area contributed by atoms with Crippen LogP contribution < -0.4 is 0 Å². The van der Waals surface area contributed by atoms with Crippen LogP contribution in [0, 0.1) is 97.6 Å². The summed E-state index contributed by atoms with van der Waals surface area (Å²) in [6.07, 6.45) is 0. The van der Waals surface area contributed by atoms with E-state index in [-0.39, 0.29) is 5.82 Å². The maximum Gasteiger partial charge on any atom is 0.168 e. The van der Waals surface area contributed by atoms with E-state index in [4.69, 9.17) is 19.9 Å². The zero-order valence-electron chi connectivity index (χ0n) is 52.0. The maximum absolute atomic E-state index is 10.8. The van der Waals surface area contributed by atoms with Crippen molar-refractivity contribution in [2.45, 2.75) is 6.92 Å². The van der Waals surface area contributed by atoms with E-state index in [0.717, 1.165) is 0 Å². The molecule has 0 amide bonds. The lowest BCUT2D eigenvalue weighted by Gasteiger charge is -2.30. The predicted molar refractivity (Wildman–Crippen MR) is 379 cm³/mol. The second kappa shape index (κ2) is 22.5. The highest BCUT2D eigenvalue weighted by Crippen LogP contribution is 2.55. The SMILES string of the molecule is Cc1cccc(-c2c(-n3c4ccc(C#N)cc4c4cc(C#N)ccc43)c(-n3c4ccc(C#N)cc4c4cc(C#N)ccc43)c(-c3nc(-c4ccccc4)nc(-c4ccccc4)n3)c(-n3c4ccc(C#N)cc4c4cc(C#N)ccc43)c2-n2c3ccc(C#N)cc3c3cc(C#N)ccc32)n1. The minimum Gasteiger partial charge on any atom is -0.306 e. The van der Waals surface area contributed by atoms with Gasteiger partial charge in [-0.2, -0.15) is 42.1 Å². The highest BCUT2D eigenvalue weighted by Gasteiger charge is 2.38. The number of benzene rings is 11. The Hall–Kier alpha value is -15.3. The Bertz CT molecular complexity index is 6180.